The van der Waals surface area contributed by atoms with Gasteiger partial charge in [0.25, 0.3) is 5.84 Å². The molecule has 2 aromatic rings. The summed E-state index contributed by atoms with van der Waals surface area (Å²) in [4.78, 5) is 2.47. The lowest BCUT2D eigenvalue weighted by molar-refractivity contribution is -0.498. The van der Waals surface area contributed by atoms with Gasteiger partial charge in [0.1, 0.15) is 5.69 Å². The van der Waals surface area contributed by atoms with Crippen molar-refractivity contribution in [2.45, 2.75) is 19.3 Å². The summed E-state index contributed by atoms with van der Waals surface area (Å²) in [5.41, 5.74) is 2.58. The Hall–Kier alpha value is -2.09. The first-order chi connectivity index (χ1) is 10.4. The molecule has 0 atom stereocenters. The molecule has 2 aromatic carbocycles. The number of anilines is 1. The van der Waals surface area contributed by atoms with Crippen LogP contribution in [-0.4, -0.2) is 30.5 Å². The molecular weight excluding hydrogens is 256 g/mol. The van der Waals surface area contributed by atoms with E-state index in [9.17, 15) is 0 Å². The SMILES string of the molecule is C[N+]1=C(c2ccccc2)N(c2ccccc2)CCCCC1. The Labute approximate surface area is 127 Å². The lowest BCUT2D eigenvalue weighted by Gasteiger charge is -2.24. The summed E-state index contributed by atoms with van der Waals surface area (Å²) in [6.45, 7) is 2.20. The van der Waals surface area contributed by atoms with E-state index in [4.69, 9.17) is 0 Å². The number of benzene rings is 2. The maximum absolute atomic E-state index is 2.47. The maximum atomic E-state index is 2.47. The molecule has 0 saturated heterocycles. The highest BCUT2D eigenvalue weighted by atomic mass is 15.2. The third kappa shape index (κ3) is 3.15. The van der Waals surface area contributed by atoms with E-state index in [0.717, 1.165) is 13.1 Å². The summed E-state index contributed by atoms with van der Waals surface area (Å²) in [5, 5.41) is 0. The molecule has 3 rings (SSSR count). The van der Waals surface area contributed by atoms with Crippen molar-refractivity contribution in [1.29, 1.82) is 0 Å². The van der Waals surface area contributed by atoms with Gasteiger partial charge in [-0.3, -0.25) is 4.58 Å². The summed E-state index contributed by atoms with van der Waals surface area (Å²) >= 11 is 0. The van der Waals surface area contributed by atoms with Gasteiger partial charge in [-0.25, -0.2) is 4.90 Å². The molecule has 0 bridgehead atoms. The predicted octanol–water partition coefficient (Wildman–Crippen LogP) is 3.77. The lowest BCUT2D eigenvalue weighted by Crippen LogP contribution is -2.40. The number of hydrogen-bond acceptors (Lipinski definition) is 1. The van der Waals surface area contributed by atoms with Gasteiger partial charge >= 0.3 is 0 Å². The van der Waals surface area contributed by atoms with Crippen LogP contribution >= 0.6 is 0 Å². The minimum absolute atomic E-state index is 1.08. The summed E-state index contributed by atoms with van der Waals surface area (Å²) in [5.74, 6) is 1.32. The summed E-state index contributed by atoms with van der Waals surface area (Å²) in [6.07, 6.45) is 3.82. The van der Waals surface area contributed by atoms with Crippen molar-refractivity contribution in [1.82, 2.24) is 0 Å². The zero-order valence-electron chi connectivity index (χ0n) is 12.7. The van der Waals surface area contributed by atoms with Crippen molar-refractivity contribution in [3.8, 4) is 0 Å². The van der Waals surface area contributed by atoms with Crippen molar-refractivity contribution in [3.63, 3.8) is 0 Å². The van der Waals surface area contributed by atoms with Gasteiger partial charge in [0.2, 0.25) is 0 Å². The van der Waals surface area contributed by atoms with Gasteiger partial charge in [0.15, 0.2) is 0 Å². The van der Waals surface area contributed by atoms with Crippen LogP contribution in [-0.2, 0) is 0 Å². The van der Waals surface area contributed by atoms with Crippen LogP contribution in [0.3, 0.4) is 0 Å². The van der Waals surface area contributed by atoms with Crippen LogP contribution in [0.2, 0.25) is 0 Å². The molecule has 0 N–H and O–H groups in total. The maximum Gasteiger partial charge on any atom is 0.284 e. The number of hydrogen-bond donors (Lipinski definition) is 0. The molecule has 2 nitrogen and oxygen atoms in total. The second-order valence-electron chi connectivity index (χ2n) is 5.66. The van der Waals surface area contributed by atoms with Crippen LogP contribution in [0.1, 0.15) is 24.8 Å². The van der Waals surface area contributed by atoms with Crippen molar-refractivity contribution < 1.29 is 4.58 Å². The van der Waals surface area contributed by atoms with Gasteiger partial charge in [-0.1, -0.05) is 36.4 Å². The van der Waals surface area contributed by atoms with E-state index in [1.54, 1.807) is 0 Å². The first-order valence-electron chi connectivity index (χ1n) is 7.82. The Morgan fingerprint density at radius 1 is 0.810 bits per heavy atom. The highest BCUT2D eigenvalue weighted by Crippen LogP contribution is 2.20. The van der Waals surface area contributed by atoms with E-state index >= 15 is 0 Å². The predicted molar refractivity (Wildman–Crippen MR) is 89.2 cm³/mol. The fourth-order valence-electron chi connectivity index (χ4n) is 3.04. The second-order valence-corrected chi connectivity index (χ2v) is 5.66. The number of amidine groups is 1. The molecule has 0 aliphatic carbocycles. The molecule has 21 heavy (non-hydrogen) atoms. The molecule has 1 aliphatic rings. The standard InChI is InChI=1S/C19H23N2/c1-20-15-9-4-10-16-21(18-13-7-3-8-14-18)19(20)17-11-5-2-6-12-17/h2-3,5-8,11-14H,4,9-10,15-16H2,1H3/q+1. The Balaban J connectivity index is 2.09. The lowest BCUT2D eigenvalue weighted by atomic mass is 10.1. The molecule has 0 spiro atoms. The molecule has 0 aromatic heterocycles. The Kier molecular flexibility index (Phi) is 4.34. The topological polar surface area (TPSA) is 6.25 Å². The van der Waals surface area contributed by atoms with Crippen LogP contribution in [0.25, 0.3) is 0 Å². The molecular formula is C19H23N2+. The first-order valence-corrected chi connectivity index (χ1v) is 7.82. The summed E-state index contributed by atoms with van der Waals surface area (Å²) in [7, 11) is 2.21. The van der Waals surface area contributed by atoms with Crippen LogP contribution in [0.4, 0.5) is 5.69 Å². The average molecular weight is 279 g/mol. The van der Waals surface area contributed by atoms with Gasteiger partial charge in [-0.05, 0) is 43.5 Å². The van der Waals surface area contributed by atoms with Crippen molar-refractivity contribution in [2.75, 3.05) is 25.0 Å². The minimum atomic E-state index is 1.08. The van der Waals surface area contributed by atoms with E-state index in [1.807, 2.05) is 0 Å². The second kappa shape index (κ2) is 6.57. The van der Waals surface area contributed by atoms with E-state index in [-0.39, 0.29) is 0 Å². The third-order valence-corrected chi connectivity index (χ3v) is 4.09. The zero-order valence-corrected chi connectivity index (χ0v) is 12.7. The Morgan fingerprint density at radius 2 is 1.48 bits per heavy atom. The van der Waals surface area contributed by atoms with E-state index in [0.29, 0.717) is 0 Å². The van der Waals surface area contributed by atoms with Gasteiger partial charge in [0.05, 0.1) is 25.7 Å². The molecule has 0 fully saturated rings. The zero-order chi connectivity index (χ0) is 14.5. The van der Waals surface area contributed by atoms with Crippen LogP contribution < -0.4 is 4.90 Å². The fraction of sp³-hybridized carbons (Fsp3) is 0.316. The largest absolute Gasteiger partial charge is 0.284 e. The fourth-order valence-corrected chi connectivity index (χ4v) is 3.04. The molecule has 0 radical (unpaired) electrons. The van der Waals surface area contributed by atoms with Gasteiger partial charge in [-0.2, -0.15) is 0 Å². The van der Waals surface area contributed by atoms with E-state index < -0.39 is 0 Å². The monoisotopic (exact) mass is 279 g/mol. The average Bonchev–Trinajstić information content (AvgIpc) is 2.53. The number of nitrogens with zero attached hydrogens (tertiary/aromatic N) is 2. The minimum Gasteiger partial charge on any atom is -0.264 e. The molecule has 0 saturated carbocycles. The van der Waals surface area contributed by atoms with Crippen molar-refractivity contribution >= 4 is 11.5 Å². The Morgan fingerprint density at radius 3 is 2.19 bits per heavy atom. The Bertz CT molecular complexity index is 602. The van der Waals surface area contributed by atoms with E-state index in [2.05, 4.69) is 77.2 Å². The normalized spacial score (nSPS) is 16.5. The van der Waals surface area contributed by atoms with Gasteiger partial charge in [-0.15, -0.1) is 0 Å². The van der Waals surface area contributed by atoms with E-state index in [1.165, 1.54) is 36.3 Å². The molecule has 0 amide bonds. The highest BCUT2D eigenvalue weighted by Gasteiger charge is 2.26. The third-order valence-electron chi connectivity index (χ3n) is 4.09. The smallest absolute Gasteiger partial charge is 0.264 e. The molecule has 1 heterocycles. The number of rotatable bonds is 2. The van der Waals surface area contributed by atoms with Crippen LogP contribution in [0.5, 0.6) is 0 Å². The van der Waals surface area contributed by atoms with Crippen LogP contribution in [0, 0.1) is 0 Å². The van der Waals surface area contributed by atoms with Crippen molar-refractivity contribution in [2.24, 2.45) is 0 Å². The first kappa shape index (κ1) is 13.9. The molecule has 2 heteroatoms. The van der Waals surface area contributed by atoms with Crippen molar-refractivity contribution in [3.05, 3.63) is 66.2 Å². The molecule has 1 aliphatic heterocycles. The highest BCUT2D eigenvalue weighted by molar-refractivity contribution is 6.06. The van der Waals surface area contributed by atoms with Gasteiger partial charge < -0.3 is 0 Å². The number of para-hydroxylation sites is 1. The molecule has 0 unspecified atom stereocenters. The van der Waals surface area contributed by atoms with Crippen LogP contribution in [0.15, 0.2) is 60.7 Å². The van der Waals surface area contributed by atoms with Gasteiger partial charge in [0, 0.05) is 0 Å². The summed E-state index contributed by atoms with van der Waals surface area (Å²) in [6, 6.07) is 21.5. The summed E-state index contributed by atoms with van der Waals surface area (Å²) < 4.78 is 2.40. The molecule has 108 valence electrons. The quantitative estimate of drug-likeness (QED) is 0.759.